The summed E-state index contributed by atoms with van der Waals surface area (Å²) < 4.78 is 19.3. The lowest BCUT2D eigenvalue weighted by Crippen LogP contribution is -2.53. The van der Waals surface area contributed by atoms with Gasteiger partial charge in [-0.2, -0.15) is 4.98 Å². The molecule has 0 aromatic carbocycles. The average molecular weight is 377 g/mol. The van der Waals surface area contributed by atoms with E-state index in [0.717, 1.165) is 64.9 Å². The first-order valence-electron chi connectivity index (χ1n) is 9.93. The van der Waals surface area contributed by atoms with Gasteiger partial charge in [-0.3, -0.25) is 4.79 Å². The van der Waals surface area contributed by atoms with Crippen LogP contribution in [0.3, 0.4) is 0 Å². The number of rotatable bonds is 4. The Hall–Kier alpha value is -1.96. The Morgan fingerprint density at radius 3 is 2.89 bits per heavy atom. The summed E-state index contributed by atoms with van der Waals surface area (Å²) in [6.07, 6.45) is 7.16. The van der Waals surface area contributed by atoms with Gasteiger partial charge in [0.05, 0.1) is 12.3 Å². The summed E-state index contributed by atoms with van der Waals surface area (Å²) in [5, 5.41) is 2.77. The van der Waals surface area contributed by atoms with E-state index in [1.807, 2.05) is 4.90 Å². The van der Waals surface area contributed by atoms with Gasteiger partial charge in [0.15, 0.2) is 11.6 Å². The number of hydrogen-bond donors (Lipinski definition) is 1. The molecular weight excluding hydrogens is 349 g/mol. The first kappa shape index (κ1) is 18.4. The van der Waals surface area contributed by atoms with Gasteiger partial charge < -0.3 is 19.9 Å². The van der Waals surface area contributed by atoms with Crippen LogP contribution in [0, 0.1) is 11.2 Å². The third kappa shape index (κ3) is 3.85. The van der Waals surface area contributed by atoms with Crippen molar-refractivity contribution in [1.29, 1.82) is 0 Å². The van der Waals surface area contributed by atoms with Gasteiger partial charge in [-0.05, 0) is 37.5 Å². The Bertz CT molecular complexity index is 687. The van der Waals surface area contributed by atoms with Gasteiger partial charge in [-0.25, -0.2) is 9.37 Å². The van der Waals surface area contributed by atoms with E-state index in [9.17, 15) is 9.18 Å². The van der Waals surface area contributed by atoms with Crippen LogP contribution in [0.15, 0.2) is 6.20 Å². The highest BCUT2D eigenvalue weighted by Crippen LogP contribution is 2.41. The van der Waals surface area contributed by atoms with Crippen LogP contribution in [0.25, 0.3) is 0 Å². The summed E-state index contributed by atoms with van der Waals surface area (Å²) >= 11 is 0. The van der Waals surface area contributed by atoms with Gasteiger partial charge in [0.1, 0.15) is 0 Å². The SMILES string of the molecule is CNc1nc(N2CCC3(CCC(=O)N(C[C@@H]4CCCO4)C3)CC2)ncc1F. The van der Waals surface area contributed by atoms with E-state index in [-0.39, 0.29) is 23.2 Å². The number of ether oxygens (including phenoxy) is 1. The van der Waals surface area contributed by atoms with Gasteiger partial charge in [-0.15, -0.1) is 0 Å². The smallest absolute Gasteiger partial charge is 0.227 e. The number of likely N-dealkylation sites (tertiary alicyclic amines) is 1. The molecule has 27 heavy (non-hydrogen) atoms. The van der Waals surface area contributed by atoms with Crippen LogP contribution in [0.5, 0.6) is 0 Å². The molecule has 3 fully saturated rings. The molecule has 148 valence electrons. The molecule has 1 aromatic rings. The standard InChI is InChI=1S/C19H28FN5O2/c1-21-17-15(20)11-22-18(23-17)24-8-6-19(7-9-24)5-4-16(26)25(13-19)12-14-3-2-10-27-14/h11,14H,2-10,12-13H2,1H3,(H,21,22,23)/t14-/m0/s1. The number of anilines is 2. The minimum absolute atomic E-state index is 0.175. The maximum Gasteiger partial charge on any atom is 0.227 e. The fourth-order valence-electron chi connectivity index (χ4n) is 4.58. The van der Waals surface area contributed by atoms with Crippen LogP contribution in [0.1, 0.15) is 38.5 Å². The van der Waals surface area contributed by atoms with Gasteiger partial charge in [0, 0.05) is 46.3 Å². The molecule has 7 nitrogen and oxygen atoms in total. The van der Waals surface area contributed by atoms with Crippen LogP contribution in [0.2, 0.25) is 0 Å². The van der Waals surface area contributed by atoms with Crippen molar-refractivity contribution < 1.29 is 13.9 Å². The van der Waals surface area contributed by atoms with Crippen molar-refractivity contribution in [1.82, 2.24) is 14.9 Å². The lowest BCUT2D eigenvalue weighted by atomic mass is 9.72. The number of carbonyl (C=O) groups excluding carboxylic acids is 1. The van der Waals surface area contributed by atoms with Crippen molar-refractivity contribution in [2.24, 2.45) is 5.41 Å². The molecule has 0 radical (unpaired) electrons. The largest absolute Gasteiger partial charge is 0.376 e. The second kappa shape index (κ2) is 7.58. The predicted molar refractivity (Wildman–Crippen MR) is 100 cm³/mol. The minimum atomic E-state index is -0.440. The maximum atomic E-state index is 13.6. The average Bonchev–Trinajstić information content (AvgIpc) is 3.19. The zero-order chi connectivity index (χ0) is 18.9. The van der Waals surface area contributed by atoms with Crippen LogP contribution >= 0.6 is 0 Å². The molecule has 8 heteroatoms. The summed E-state index contributed by atoms with van der Waals surface area (Å²) in [4.78, 5) is 25.0. The van der Waals surface area contributed by atoms with E-state index in [1.54, 1.807) is 7.05 Å². The number of piperidine rings is 2. The highest BCUT2D eigenvalue weighted by Gasteiger charge is 2.42. The second-order valence-corrected chi connectivity index (χ2v) is 8.01. The number of amides is 1. The third-order valence-corrected chi connectivity index (χ3v) is 6.27. The topological polar surface area (TPSA) is 70.6 Å². The van der Waals surface area contributed by atoms with Gasteiger partial charge in [-0.1, -0.05) is 0 Å². The summed E-state index contributed by atoms with van der Waals surface area (Å²) in [5.74, 6) is 0.620. The zero-order valence-electron chi connectivity index (χ0n) is 15.9. The number of hydrogen-bond acceptors (Lipinski definition) is 6. The first-order valence-corrected chi connectivity index (χ1v) is 9.93. The van der Waals surface area contributed by atoms with Gasteiger partial charge in [0.2, 0.25) is 11.9 Å². The Labute approximate surface area is 159 Å². The Kier molecular flexibility index (Phi) is 5.16. The van der Waals surface area contributed by atoms with Gasteiger partial charge >= 0.3 is 0 Å². The summed E-state index contributed by atoms with van der Waals surface area (Å²) in [6, 6.07) is 0. The monoisotopic (exact) mass is 377 g/mol. The normalized spacial score (nSPS) is 25.3. The summed E-state index contributed by atoms with van der Waals surface area (Å²) in [5.41, 5.74) is 0.175. The third-order valence-electron chi connectivity index (χ3n) is 6.27. The Balaban J connectivity index is 1.39. The highest BCUT2D eigenvalue weighted by atomic mass is 19.1. The number of nitrogens with one attached hydrogen (secondary N) is 1. The molecule has 4 heterocycles. The summed E-state index contributed by atoms with van der Waals surface area (Å²) in [6.45, 7) is 4.04. The van der Waals surface area contributed by atoms with Crippen LogP contribution in [0.4, 0.5) is 16.2 Å². The molecular formula is C19H28FN5O2. The predicted octanol–water partition coefficient (Wildman–Crippen LogP) is 2.05. The van der Waals surface area contributed by atoms with Crippen LogP contribution in [-0.2, 0) is 9.53 Å². The molecule has 0 bridgehead atoms. The van der Waals surface area contributed by atoms with E-state index >= 15 is 0 Å². The highest BCUT2D eigenvalue weighted by molar-refractivity contribution is 5.77. The fraction of sp³-hybridized carbons (Fsp3) is 0.737. The van der Waals surface area contributed by atoms with E-state index < -0.39 is 5.82 Å². The van der Waals surface area contributed by atoms with Crippen molar-refractivity contribution in [3.63, 3.8) is 0 Å². The number of carbonyl (C=O) groups is 1. The molecule has 0 saturated carbocycles. The molecule has 1 N–H and O–H groups in total. The van der Waals surface area contributed by atoms with E-state index in [4.69, 9.17) is 4.74 Å². The molecule has 3 aliphatic heterocycles. The van der Waals surface area contributed by atoms with Crippen molar-refractivity contribution in [2.75, 3.05) is 50.1 Å². The second-order valence-electron chi connectivity index (χ2n) is 8.01. The Morgan fingerprint density at radius 2 is 2.19 bits per heavy atom. The van der Waals surface area contributed by atoms with E-state index in [0.29, 0.717) is 12.4 Å². The van der Waals surface area contributed by atoms with Crippen molar-refractivity contribution >= 4 is 17.7 Å². The molecule has 1 aromatic heterocycles. The molecule has 3 saturated heterocycles. The maximum absolute atomic E-state index is 13.6. The zero-order valence-corrected chi connectivity index (χ0v) is 15.9. The van der Waals surface area contributed by atoms with Crippen LogP contribution in [-0.4, -0.2) is 66.7 Å². The molecule has 0 aliphatic carbocycles. The molecule has 4 rings (SSSR count). The fourth-order valence-corrected chi connectivity index (χ4v) is 4.58. The minimum Gasteiger partial charge on any atom is -0.376 e. The van der Waals surface area contributed by atoms with E-state index in [1.165, 1.54) is 6.20 Å². The van der Waals surface area contributed by atoms with Crippen LogP contribution < -0.4 is 10.2 Å². The number of aromatic nitrogens is 2. The number of nitrogens with zero attached hydrogens (tertiary/aromatic N) is 4. The lowest BCUT2D eigenvalue weighted by Gasteiger charge is -2.47. The molecule has 1 atom stereocenters. The quantitative estimate of drug-likeness (QED) is 0.866. The molecule has 1 spiro atoms. The first-order chi connectivity index (χ1) is 13.1. The Morgan fingerprint density at radius 1 is 1.37 bits per heavy atom. The number of halogens is 1. The molecule has 3 aliphatic rings. The van der Waals surface area contributed by atoms with Crippen molar-refractivity contribution in [2.45, 2.75) is 44.6 Å². The van der Waals surface area contributed by atoms with Crippen molar-refractivity contribution in [3.8, 4) is 0 Å². The van der Waals surface area contributed by atoms with E-state index in [2.05, 4.69) is 20.2 Å². The van der Waals surface area contributed by atoms with Crippen molar-refractivity contribution in [3.05, 3.63) is 12.0 Å². The summed E-state index contributed by atoms with van der Waals surface area (Å²) in [7, 11) is 1.65. The van der Waals surface area contributed by atoms with Gasteiger partial charge in [0.25, 0.3) is 0 Å². The lowest BCUT2D eigenvalue weighted by molar-refractivity contribution is -0.140. The molecule has 0 unspecified atom stereocenters. The molecule has 1 amide bonds.